The molecular formula is C21H39NO6Si. The molecule has 8 heteroatoms. The van der Waals surface area contributed by atoms with Crippen molar-refractivity contribution in [3.05, 3.63) is 0 Å². The molecule has 7 nitrogen and oxygen atoms in total. The molecule has 0 radical (unpaired) electrons. The molecule has 4 unspecified atom stereocenters. The zero-order chi connectivity index (χ0) is 22.0. The molecule has 2 bridgehead atoms. The van der Waals surface area contributed by atoms with Crippen LogP contribution in [-0.4, -0.2) is 68.1 Å². The number of piperidine rings is 2. The lowest BCUT2D eigenvalue weighted by molar-refractivity contribution is -0.252. The van der Waals surface area contributed by atoms with E-state index < -0.39 is 20.4 Å². The van der Waals surface area contributed by atoms with Gasteiger partial charge in [0.2, 0.25) is 0 Å². The molecule has 2 aliphatic rings. The molecule has 4 atom stereocenters. The predicted molar refractivity (Wildman–Crippen MR) is 113 cm³/mol. The third-order valence-corrected chi connectivity index (χ3v) is 7.21. The fourth-order valence-electron chi connectivity index (χ4n) is 4.89. The minimum atomic E-state index is -1.57. The van der Waals surface area contributed by atoms with Gasteiger partial charge in [-0.1, -0.05) is 20.8 Å². The number of rotatable bonds is 7. The van der Waals surface area contributed by atoms with Crippen molar-refractivity contribution in [3.8, 4) is 0 Å². The van der Waals surface area contributed by atoms with Gasteiger partial charge in [-0.3, -0.25) is 14.5 Å². The lowest BCUT2D eigenvalue weighted by Crippen LogP contribution is -2.72. The van der Waals surface area contributed by atoms with Gasteiger partial charge in [0.05, 0.1) is 31.3 Å². The van der Waals surface area contributed by atoms with Gasteiger partial charge < -0.3 is 19.0 Å². The number of hydrogen-bond acceptors (Lipinski definition) is 7. The number of fused-ring (bicyclic) bond motifs is 2. The summed E-state index contributed by atoms with van der Waals surface area (Å²) in [4.78, 5) is 27.1. The molecule has 2 rings (SSSR count). The molecule has 0 aromatic rings. The molecule has 2 saturated heterocycles. The van der Waals surface area contributed by atoms with Crippen molar-refractivity contribution in [1.82, 2.24) is 4.90 Å². The molecule has 2 fully saturated rings. The summed E-state index contributed by atoms with van der Waals surface area (Å²) >= 11 is 0. The topological polar surface area (TPSA) is 85.3 Å². The van der Waals surface area contributed by atoms with Crippen molar-refractivity contribution in [3.63, 3.8) is 0 Å². The van der Waals surface area contributed by atoms with Gasteiger partial charge in [-0.25, -0.2) is 0 Å². The summed E-state index contributed by atoms with van der Waals surface area (Å²) in [6, 6.07) is -0.159. The van der Waals surface area contributed by atoms with E-state index in [4.69, 9.17) is 13.9 Å². The number of nitrogens with zero attached hydrogens (tertiary/aromatic N) is 1. The first-order valence-electron chi connectivity index (χ1n) is 10.9. The fraction of sp³-hybridized carbons (Fsp3) is 0.905. The van der Waals surface area contributed by atoms with Crippen LogP contribution >= 0.6 is 0 Å². The standard InChI is InChI=1S/C21H39NO6Si/c1-8-26-17(23)13-22-16-10-15(18(24)27-9-2)11-21(22,28-29(6)7)14-20(25,12-16)19(3,4)5/h15-16,25,29H,8-14H2,1-7H3. The first-order chi connectivity index (χ1) is 13.4. The Morgan fingerprint density at radius 3 is 2.28 bits per heavy atom. The van der Waals surface area contributed by atoms with Gasteiger partial charge >= 0.3 is 11.9 Å². The van der Waals surface area contributed by atoms with E-state index in [2.05, 4.69) is 18.0 Å². The van der Waals surface area contributed by atoms with Gasteiger partial charge in [-0.2, -0.15) is 0 Å². The number of aliphatic hydroxyl groups is 1. The van der Waals surface area contributed by atoms with Gasteiger partial charge in [0.25, 0.3) is 0 Å². The Balaban J connectivity index is 2.47. The molecule has 0 aliphatic carbocycles. The largest absolute Gasteiger partial charge is 0.466 e. The highest BCUT2D eigenvalue weighted by molar-refractivity contribution is 6.48. The number of carbonyl (C=O) groups is 2. The van der Waals surface area contributed by atoms with Crippen LogP contribution in [0.4, 0.5) is 0 Å². The SMILES string of the molecule is CCOC(=O)CN1C2CC(C(=O)OCC)CC1(O[SiH](C)C)CC(O)(C(C)(C)C)C2. The number of esters is 2. The van der Waals surface area contributed by atoms with Crippen LogP contribution in [0.1, 0.15) is 60.3 Å². The molecule has 0 aromatic carbocycles. The van der Waals surface area contributed by atoms with Crippen molar-refractivity contribution in [2.45, 2.75) is 90.8 Å². The maximum atomic E-state index is 12.6. The highest BCUT2D eigenvalue weighted by atomic mass is 28.3. The highest BCUT2D eigenvalue weighted by Gasteiger charge is 2.61. The number of hydrogen-bond donors (Lipinski definition) is 1. The van der Waals surface area contributed by atoms with Crippen LogP contribution in [0, 0.1) is 11.3 Å². The average molecular weight is 430 g/mol. The summed E-state index contributed by atoms with van der Waals surface area (Å²) in [5.41, 5.74) is -2.18. The molecular weight excluding hydrogens is 390 g/mol. The van der Waals surface area contributed by atoms with Crippen molar-refractivity contribution in [2.75, 3.05) is 19.8 Å². The van der Waals surface area contributed by atoms with Crippen LogP contribution in [-0.2, 0) is 23.5 Å². The summed E-state index contributed by atoms with van der Waals surface area (Å²) in [6.45, 7) is 14.6. The number of carbonyl (C=O) groups excluding carboxylic acids is 2. The van der Waals surface area contributed by atoms with Gasteiger partial charge in [0, 0.05) is 18.9 Å². The van der Waals surface area contributed by atoms with Gasteiger partial charge in [0.1, 0.15) is 5.72 Å². The van der Waals surface area contributed by atoms with Crippen molar-refractivity contribution >= 4 is 21.0 Å². The van der Waals surface area contributed by atoms with Crippen molar-refractivity contribution in [2.24, 2.45) is 11.3 Å². The van der Waals surface area contributed by atoms with E-state index in [1.807, 2.05) is 20.8 Å². The van der Waals surface area contributed by atoms with Crippen LogP contribution < -0.4 is 0 Å². The summed E-state index contributed by atoms with van der Waals surface area (Å²) in [6.07, 6.45) is 1.81. The molecule has 2 heterocycles. The Morgan fingerprint density at radius 2 is 1.76 bits per heavy atom. The zero-order valence-electron chi connectivity index (χ0n) is 19.1. The Bertz CT molecular complexity index is 606. The molecule has 29 heavy (non-hydrogen) atoms. The lowest BCUT2D eigenvalue weighted by atomic mass is 9.61. The summed E-state index contributed by atoms with van der Waals surface area (Å²) < 4.78 is 17.1. The third-order valence-electron chi connectivity index (χ3n) is 6.30. The van der Waals surface area contributed by atoms with Gasteiger partial charge in [-0.15, -0.1) is 0 Å². The smallest absolute Gasteiger partial charge is 0.320 e. The van der Waals surface area contributed by atoms with E-state index in [1.165, 1.54) is 0 Å². The molecule has 1 N–H and O–H groups in total. The Morgan fingerprint density at radius 1 is 1.14 bits per heavy atom. The van der Waals surface area contributed by atoms with E-state index >= 15 is 0 Å². The molecule has 0 amide bonds. The molecule has 168 valence electrons. The van der Waals surface area contributed by atoms with Gasteiger partial charge in [-0.05, 0) is 45.2 Å². The first-order valence-corrected chi connectivity index (χ1v) is 13.6. The monoisotopic (exact) mass is 429 g/mol. The summed E-state index contributed by atoms with van der Waals surface area (Å²) in [5.74, 6) is -0.810. The fourth-order valence-corrected chi connectivity index (χ4v) is 6.08. The minimum absolute atomic E-state index is 0.107. The average Bonchev–Trinajstić information content (AvgIpc) is 2.55. The van der Waals surface area contributed by atoms with E-state index in [0.717, 1.165) is 0 Å². The second-order valence-corrected chi connectivity index (χ2v) is 12.1. The zero-order valence-corrected chi connectivity index (χ0v) is 20.3. The minimum Gasteiger partial charge on any atom is -0.466 e. The highest BCUT2D eigenvalue weighted by Crippen LogP contribution is 2.53. The van der Waals surface area contributed by atoms with Crippen molar-refractivity contribution in [1.29, 1.82) is 0 Å². The van der Waals surface area contributed by atoms with E-state index in [1.54, 1.807) is 13.8 Å². The Labute approximate surface area is 176 Å². The summed E-state index contributed by atoms with van der Waals surface area (Å²) in [7, 11) is -1.57. The molecule has 0 aromatic heterocycles. The maximum absolute atomic E-state index is 12.6. The Hall–Kier alpha value is -0.963. The second kappa shape index (κ2) is 9.04. The van der Waals surface area contributed by atoms with Crippen LogP contribution in [0.25, 0.3) is 0 Å². The number of ether oxygens (including phenoxy) is 2. The molecule has 0 saturated carbocycles. The quantitative estimate of drug-likeness (QED) is 0.491. The van der Waals surface area contributed by atoms with Crippen LogP contribution in [0.15, 0.2) is 0 Å². The third kappa shape index (κ3) is 5.21. The normalized spacial score (nSPS) is 32.9. The predicted octanol–water partition coefficient (Wildman–Crippen LogP) is 2.46. The first kappa shape index (κ1) is 24.3. The molecule has 2 aliphatic heterocycles. The maximum Gasteiger partial charge on any atom is 0.320 e. The van der Waals surface area contributed by atoms with E-state index in [0.29, 0.717) is 38.9 Å². The van der Waals surface area contributed by atoms with Crippen LogP contribution in [0.2, 0.25) is 13.1 Å². The van der Waals surface area contributed by atoms with E-state index in [9.17, 15) is 14.7 Å². The van der Waals surface area contributed by atoms with Gasteiger partial charge in [0.15, 0.2) is 9.04 Å². The van der Waals surface area contributed by atoms with Crippen molar-refractivity contribution < 1.29 is 28.6 Å². The van der Waals surface area contributed by atoms with E-state index in [-0.39, 0.29) is 35.9 Å². The van der Waals surface area contributed by atoms with Crippen LogP contribution in [0.5, 0.6) is 0 Å². The van der Waals surface area contributed by atoms with Crippen LogP contribution in [0.3, 0.4) is 0 Å². The molecule has 0 spiro atoms. The second-order valence-electron chi connectivity index (χ2n) is 9.75. The lowest BCUT2D eigenvalue weighted by Gasteiger charge is -2.62. The Kier molecular flexibility index (Phi) is 7.57. The summed E-state index contributed by atoms with van der Waals surface area (Å²) in [5, 5.41) is 11.7.